The zero-order valence-electron chi connectivity index (χ0n) is 8.28. The molecule has 0 amide bonds. The van der Waals surface area contributed by atoms with Crippen molar-refractivity contribution in [1.82, 2.24) is 5.43 Å². The first-order valence-electron chi connectivity index (χ1n) is 4.66. The van der Waals surface area contributed by atoms with Gasteiger partial charge in [-0.2, -0.15) is 11.3 Å². The molecule has 0 fully saturated rings. The fourth-order valence-electron chi connectivity index (χ4n) is 1.55. The maximum Gasteiger partial charge on any atom is 0.137 e. The molecule has 2 rings (SSSR count). The first kappa shape index (κ1) is 11.7. The van der Waals surface area contributed by atoms with E-state index >= 15 is 0 Å². The van der Waals surface area contributed by atoms with Gasteiger partial charge in [-0.05, 0) is 49.9 Å². The second-order valence-corrected chi connectivity index (χ2v) is 4.87. The molecule has 1 atom stereocenters. The number of hydrogen-bond acceptors (Lipinski definition) is 3. The molecule has 1 unspecified atom stereocenters. The van der Waals surface area contributed by atoms with Crippen molar-refractivity contribution >= 4 is 27.3 Å². The van der Waals surface area contributed by atoms with Crippen LogP contribution in [0.2, 0.25) is 0 Å². The Balaban J connectivity index is 2.45. The number of hydrazine groups is 1. The van der Waals surface area contributed by atoms with Gasteiger partial charge < -0.3 is 0 Å². The van der Waals surface area contributed by atoms with Crippen LogP contribution in [0.5, 0.6) is 0 Å². The van der Waals surface area contributed by atoms with Gasteiger partial charge in [0.1, 0.15) is 5.82 Å². The van der Waals surface area contributed by atoms with Crippen LogP contribution in [0.25, 0.3) is 0 Å². The molecule has 0 aliphatic rings. The molecule has 0 bridgehead atoms. The molecule has 3 N–H and O–H groups in total. The second kappa shape index (κ2) is 5.05. The van der Waals surface area contributed by atoms with E-state index in [1.54, 1.807) is 17.4 Å². The SMILES string of the molecule is NNC(c1ccsc1)c1cccc(F)c1Br. The number of thiophene rings is 1. The molecule has 0 saturated heterocycles. The van der Waals surface area contributed by atoms with E-state index in [2.05, 4.69) is 21.4 Å². The van der Waals surface area contributed by atoms with Gasteiger partial charge in [-0.15, -0.1) is 0 Å². The molecule has 0 saturated carbocycles. The zero-order chi connectivity index (χ0) is 11.5. The zero-order valence-corrected chi connectivity index (χ0v) is 10.7. The summed E-state index contributed by atoms with van der Waals surface area (Å²) in [5.41, 5.74) is 4.52. The van der Waals surface area contributed by atoms with Crippen molar-refractivity contribution in [3.63, 3.8) is 0 Å². The Labute approximate surface area is 105 Å². The highest BCUT2D eigenvalue weighted by Gasteiger charge is 2.17. The minimum Gasteiger partial charge on any atom is -0.271 e. The molecule has 84 valence electrons. The van der Waals surface area contributed by atoms with Gasteiger partial charge in [0.15, 0.2) is 0 Å². The normalized spacial score (nSPS) is 12.7. The highest BCUT2D eigenvalue weighted by Crippen LogP contribution is 2.30. The maximum atomic E-state index is 13.4. The van der Waals surface area contributed by atoms with Crippen LogP contribution in [0.3, 0.4) is 0 Å². The van der Waals surface area contributed by atoms with E-state index in [-0.39, 0.29) is 11.9 Å². The minimum absolute atomic E-state index is 0.198. The number of nitrogens with two attached hydrogens (primary N) is 1. The summed E-state index contributed by atoms with van der Waals surface area (Å²) in [7, 11) is 0. The third-order valence-corrected chi connectivity index (χ3v) is 3.87. The smallest absolute Gasteiger partial charge is 0.137 e. The summed E-state index contributed by atoms with van der Waals surface area (Å²) >= 11 is 4.82. The van der Waals surface area contributed by atoms with Crippen LogP contribution in [-0.2, 0) is 0 Å². The maximum absolute atomic E-state index is 13.4. The van der Waals surface area contributed by atoms with Gasteiger partial charge in [0.05, 0.1) is 10.5 Å². The van der Waals surface area contributed by atoms with Gasteiger partial charge in [-0.1, -0.05) is 12.1 Å². The van der Waals surface area contributed by atoms with Gasteiger partial charge >= 0.3 is 0 Å². The minimum atomic E-state index is -0.284. The Morgan fingerprint density at radius 2 is 2.19 bits per heavy atom. The topological polar surface area (TPSA) is 38.0 Å². The van der Waals surface area contributed by atoms with E-state index in [1.165, 1.54) is 6.07 Å². The molecule has 16 heavy (non-hydrogen) atoms. The number of halogens is 2. The summed E-state index contributed by atoms with van der Waals surface area (Å²) in [5, 5.41) is 3.95. The first-order valence-corrected chi connectivity index (χ1v) is 6.39. The van der Waals surface area contributed by atoms with Crippen LogP contribution in [0.4, 0.5) is 4.39 Å². The van der Waals surface area contributed by atoms with E-state index in [4.69, 9.17) is 5.84 Å². The lowest BCUT2D eigenvalue weighted by atomic mass is 10.0. The summed E-state index contributed by atoms with van der Waals surface area (Å²) in [6, 6.07) is 6.69. The number of nitrogens with one attached hydrogen (secondary N) is 1. The van der Waals surface area contributed by atoms with E-state index in [0.717, 1.165) is 11.1 Å². The van der Waals surface area contributed by atoms with Gasteiger partial charge in [0.2, 0.25) is 0 Å². The molecule has 1 aromatic carbocycles. The van der Waals surface area contributed by atoms with E-state index in [1.807, 2.05) is 22.9 Å². The summed E-state index contributed by atoms with van der Waals surface area (Å²) < 4.78 is 13.9. The van der Waals surface area contributed by atoms with Crippen molar-refractivity contribution in [2.75, 3.05) is 0 Å². The Morgan fingerprint density at radius 1 is 1.38 bits per heavy atom. The molecule has 0 aliphatic heterocycles. The molecular weight excluding hydrogens is 291 g/mol. The second-order valence-electron chi connectivity index (χ2n) is 3.30. The highest BCUT2D eigenvalue weighted by molar-refractivity contribution is 9.10. The van der Waals surface area contributed by atoms with Crippen LogP contribution in [0, 0.1) is 5.82 Å². The van der Waals surface area contributed by atoms with Crippen molar-refractivity contribution in [1.29, 1.82) is 0 Å². The Bertz CT molecular complexity index is 473. The molecule has 0 spiro atoms. The predicted molar refractivity (Wildman–Crippen MR) is 67.6 cm³/mol. The monoisotopic (exact) mass is 300 g/mol. The molecule has 2 aromatic rings. The lowest BCUT2D eigenvalue weighted by Gasteiger charge is -2.16. The average molecular weight is 301 g/mol. The summed E-state index contributed by atoms with van der Waals surface area (Å²) in [6.45, 7) is 0. The van der Waals surface area contributed by atoms with E-state index < -0.39 is 0 Å². The highest BCUT2D eigenvalue weighted by atomic mass is 79.9. The fourth-order valence-corrected chi connectivity index (χ4v) is 2.73. The van der Waals surface area contributed by atoms with Gasteiger partial charge in [-0.3, -0.25) is 5.84 Å². The fraction of sp³-hybridized carbons (Fsp3) is 0.0909. The van der Waals surface area contributed by atoms with Gasteiger partial charge in [0, 0.05) is 0 Å². The number of hydrogen-bond donors (Lipinski definition) is 2. The van der Waals surface area contributed by atoms with E-state index in [9.17, 15) is 4.39 Å². The standard InChI is InChI=1S/C11H10BrFN2S/c12-10-8(2-1-3-9(10)13)11(15-14)7-4-5-16-6-7/h1-6,11,15H,14H2. The Hall–Kier alpha value is -0.750. The van der Waals surface area contributed by atoms with Crippen LogP contribution < -0.4 is 11.3 Å². The lowest BCUT2D eigenvalue weighted by Crippen LogP contribution is -2.28. The van der Waals surface area contributed by atoms with Gasteiger partial charge in [-0.25, -0.2) is 9.82 Å². The van der Waals surface area contributed by atoms with E-state index in [0.29, 0.717) is 4.47 Å². The molecule has 0 radical (unpaired) electrons. The molecule has 2 nitrogen and oxygen atoms in total. The van der Waals surface area contributed by atoms with Crippen molar-refractivity contribution in [3.05, 3.63) is 56.4 Å². The molecule has 1 aromatic heterocycles. The quantitative estimate of drug-likeness (QED) is 0.675. The van der Waals surface area contributed by atoms with Crippen molar-refractivity contribution < 1.29 is 4.39 Å². The Kier molecular flexibility index (Phi) is 3.70. The third kappa shape index (κ3) is 2.17. The first-order chi connectivity index (χ1) is 7.74. The molecule has 1 heterocycles. The summed E-state index contributed by atoms with van der Waals surface area (Å²) in [5.74, 6) is 5.24. The average Bonchev–Trinajstić information content (AvgIpc) is 2.79. The Morgan fingerprint density at radius 3 is 2.81 bits per heavy atom. The van der Waals surface area contributed by atoms with Crippen molar-refractivity contribution in [2.24, 2.45) is 5.84 Å². The third-order valence-electron chi connectivity index (χ3n) is 2.34. The molecule has 5 heteroatoms. The number of benzene rings is 1. The summed E-state index contributed by atoms with van der Waals surface area (Å²) in [4.78, 5) is 0. The van der Waals surface area contributed by atoms with Crippen LogP contribution in [-0.4, -0.2) is 0 Å². The largest absolute Gasteiger partial charge is 0.271 e. The van der Waals surface area contributed by atoms with Crippen LogP contribution in [0.15, 0.2) is 39.5 Å². The number of rotatable bonds is 3. The predicted octanol–water partition coefficient (Wildman–Crippen LogP) is 3.20. The summed E-state index contributed by atoms with van der Waals surface area (Å²) in [6.07, 6.45) is 0. The molecular formula is C11H10BrFN2S. The van der Waals surface area contributed by atoms with Crippen LogP contribution in [0.1, 0.15) is 17.2 Å². The van der Waals surface area contributed by atoms with Crippen LogP contribution >= 0.6 is 27.3 Å². The van der Waals surface area contributed by atoms with Crippen molar-refractivity contribution in [2.45, 2.75) is 6.04 Å². The lowest BCUT2D eigenvalue weighted by molar-refractivity contribution is 0.598. The van der Waals surface area contributed by atoms with Crippen molar-refractivity contribution in [3.8, 4) is 0 Å². The molecule has 0 aliphatic carbocycles. The van der Waals surface area contributed by atoms with Gasteiger partial charge in [0.25, 0.3) is 0 Å².